The van der Waals surface area contributed by atoms with E-state index >= 15 is 0 Å². The molecule has 6 nitrogen and oxygen atoms in total. The number of esters is 1. The Morgan fingerprint density at radius 3 is 2.48 bits per heavy atom. The predicted molar refractivity (Wildman–Crippen MR) is 113 cm³/mol. The molecule has 0 saturated heterocycles. The van der Waals surface area contributed by atoms with Crippen molar-refractivity contribution in [1.82, 2.24) is 0 Å². The Morgan fingerprint density at radius 2 is 1.77 bits per heavy atom. The first-order valence-corrected chi connectivity index (χ1v) is 11.1. The van der Waals surface area contributed by atoms with Gasteiger partial charge in [-0.15, -0.1) is 0 Å². The summed E-state index contributed by atoms with van der Waals surface area (Å²) < 4.78 is 11.8. The number of cyclic esters (lactones) is 1. The number of ether oxygens (including phenoxy) is 2. The molecule has 6 atom stereocenters. The number of fused-ring (bicyclic) bond motifs is 6. The molecule has 0 amide bonds. The van der Waals surface area contributed by atoms with E-state index in [0.29, 0.717) is 25.0 Å². The van der Waals surface area contributed by atoms with Gasteiger partial charge in [-0.05, 0) is 55.2 Å². The van der Waals surface area contributed by atoms with Crippen LogP contribution in [0.4, 0.5) is 0 Å². The second kappa shape index (κ2) is 6.12. The van der Waals surface area contributed by atoms with Crippen LogP contribution in [0.25, 0.3) is 0 Å². The van der Waals surface area contributed by atoms with Crippen LogP contribution in [0.5, 0.6) is 11.5 Å². The van der Waals surface area contributed by atoms with Gasteiger partial charge in [0.2, 0.25) is 0 Å². The first kappa shape index (κ1) is 20.6. The van der Waals surface area contributed by atoms with E-state index in [2.05, 4.69) is 6.92 Å². The Bertz CT molecular complexity index is 1040. The Hall–Kier alpha value is -2.34. The minimum absolute atomic E-state index is 0.0347. The Kier molecular flexibility index (Phi) is 4.06. The van der Waals surface area contributed by atoms with Crippen LogP contribution in [0.15, 0.2) is 18.2 Å². The fraction of sp³-hybridized carbons (Fsp3) is 0.600. The van der Waals surface area contributed by atoms with Gasteiger partial charge < -0.3 is 19.7 Å². The van der Waals surface area contributed by atoms with E-state index in [1.807, 2.05) is 33.8 Å². The minimum atomic E-state index is -0.874. The van der Waals surface area contributed by atoms with Gasteiger partial charge in [-0.1, -0.05) is 26.8 Å². The Balaban J connectivity index is 1.69. The molecule has 2 heterocycles. The fourth-order valence-corrected chi connectivity index (χ4v) is 6.83. The van der Waals surface area contributed by atoms with Crippen LogP contribution in [-0.2, 0) is 22.4 Å². The van der Waals surface area contributed by atoms with Crippen LogP contribution in [-0.4, -0.2) is 39.8 Å². The largest absolute Gasteiger partial charge is 0.507 e. The summed E-state index contributed by atoms with van der Waals surface area (Å²) in [4.78, 5) is 25.2. The van der Waals surface area contributed by atoms with Crippen LogP contribution in [0.3, 0.4) is 0 Å². The van der Waals surface area contributed by atoms with Gasteiger partial charge in [0.25, 0.3) is 0 Å². The molecule has 0 bridgehead atoms. The average molecular weight is 427 g/mol. The lowest BCUT2D eigenvalue weighted by molar-refractivity contribution is -0.190. The number of hydrogen-bond donors (Lipinski definition) is 2. The van der Waals surface area contributed by atoms with E-state index in [1.54, 1.807) is 6.08 Å². The molecule has 2 N–H and O–H groups in total. The van der Waals surface area contributed by atoms with Crippen molar-refractivity contribution in [2.45, 2.75) is 71.7 Å². The number of hydrogen-bond acceptors (Lipinski definition) is 6. The highest BCUT2D eigenvalue weighted by Crippen LogP contribution is 2.62. The summed E-state index contributed by atoms with van der Waals surface area (Å²) in [6.07, 6.45) is 4.21. The highest BCUT2D eigenvalue weighted by molar-refractivity contribution is 5.96. The molecule has 2 aliphatic carbocycles. The summed E-state index contributed by atoms with van der Waals surface area (Å²) >= 11 is 0. The molecule has 0 aromatic heterocycles. The van der Waals surface area contributed by atoms with E-state index in [1.165, 1.54) is 6.07 Å². The molecule has 1 fully saturated rings. The molecule has 5 rings (SSSR count). The summed E-state index contributed by atoms with van der Waals surface area (Å²) in [5.74, 6) is -0.194. The van der Waals surface area contributed by atoms with Crippen LogP contribution < -0.4 is 4.74 Å². The van der Waals surface area contributed by atoms with Gasteiger partial charge in [-0.2, -0.15) is 0 Å². The zero-order valence-electron chi connectivity index (χ0n) is 18.7. The van der Waals surface area contributed by atoms with Gasteiger partial charge >= 0.3 is 5.97 Å². The maximum Gasteiger partial charge on any atom is 0.342 e. The van der Waals surface area contributed by atoms with Crippen LogP contribution >= 0.6 is 0 Å². The molecule has 166 valence electrons. The van der Waals surface area contributed by atoms with Crippen molar-refractivity contribution in [2.75, 3.05) is 0 Å². The van der Waals surface area contributed by atoms with E-state index in [-0.39, 0.29) is 40.5 Å². The molecule has 2 aliphatic heterocycles. The average Bonchev–Trinajstić information content (AvgIpc) is 2.66. The summed E-state index contributed by atoms with van der Waals surface area (Å²) in [7, 11) is 0. The van der Waals surface area contributed by atoms with E-state index in [9.17, 15) is 19.8 Å². The van der Waals surface area contributed by atoms with Gasteiger partial charge in [0.1, 0.15) is 28.8 Å². The topological polar surface area (TPSA) is 93.1 Å². The summed E-state index contributed by atoms with van der Waals surface area (Å²) in [5.41, 5.74) is 0.0671. The number of aliphatic hydroxyl groups is 1. The van der Waals surface area contributed by atoms with Crippen LogP contribution in [0, 0.1) is 22.7 Å². The summed E-state index contributed by atoms with van der Waals surface area (Å²) in [6, 6.07) is 1.48. The number of ketones is 1. The number of rotatable bonds is 0. The molecule has 0 radical (unpaired) electrons. The normalized spacial score (nSPS) is 40.1. The maximum absolute atomic E-state index is 12.7. The third-order valence-electron chi connectivity index (χ3n) is 8.64. The number of aliphatic hydroxyl groups excluding tert-OH is 1. The van der Waals surface area contributed by atoms with Gasteiger partial charge in [-0.25, -0.2) is 4.79 Å². The number of phenols is 1. The van der Waals surface area contributed by atoms with E-state index < -0.39 is 23.1 Å². The molecular weight excluding hydrogens is 396 g/mol. The van der Waals surface area contributed by atoms with Crippen molar-refractivity contribution >= 4 is 11.8 Å². The van der Waals surface area contributed by atoms with Crippen LogP contribution in [0.2, 0.25) is 0 Å². The fourth-order valence-electron chi connectivity index (χ4n) is 6.83. The molecule has 1 aromatic carbocycles. The quantitative estimate of drug-likeness (QED) is 0.618. The van der Waals surface area contributed by atoms with Gasteiger partial charge in [0, 0.05) is 23.8 Å². The van der Waals surface area contributed by atoms with Crippen molar-refractivity contribution in [3.8, 4) is 11.5 Å². The highest BCUT2D eigenvalue weighted by Gasteiger charge is 2.64. The highest BCUT2D eigenvalue weighted by atomic mass is 16.5. The number of allylic oxidation sites excluding steroid dienone is 2. The molecule has 0 spiro atoms. The number of benzene rings is 1. The monoisotopic (exact) mass is 426 g/mol. The van der Waals surface area contributed by atoms with Gasteiger partial charge in [0.05, 0.1) is 6.10 Å². The first-order chi connectivity index (χ1) is 14.4. The van der Waals surface area contributed by atoms with Crippen molar-refractivity contribution in [1.29, 1.82) is 0 Å². The van der Waals surface area contributed by atoms with E-state index in [0.717, 1.165) is 11.1 Å². The number of aromatic hydroxyl groups is 1. The number of carbonyl (C=O) groups is 2. The predicted octanol–water partition coefficient (Wildman–Crippen LogP) is 3.36. The molecule has 31 heavy (non-hydrogen) atoms. The van der Waals surface area contributed by atoms with Crippen molar-refractivity contribution in [2.24, 2.45) is 22.7 Å². The lowest BCUT2D eigenvalue weighted by Gasteiger charge is -2.62. The zero-order valence-corrected chi connectivity index (χ0v) is 18.7. The molecular formula is C25H30O6. The number of carbonyl (C=O) groups excluding carboxylic acids is 2. The van der Waals surface area contributed by atoms with E-state index in [4.69, 9.17) is 9.47 Å². The lowest BCUT2D eigenvalue weighted by Crippen LogP contribution is -2.67. The second-order valence-corrected chi connectivity index (χ2v) is 10.8. The minimum Gasteiger partial charge on any atom is -0.507 e. The van der Waals surface area contributed by atoms with Crippen molar-refractivity contribution in [3.05, 3.63) is 34.9 Å². The van der Waals surface area contributed by atoms with Crippen molar-refractivity contribution < 1.29 is 29.3 Å². The number of phenolic OH excluding ortho intramolecular Hbond substituents is 1. The third kappa shape index (κ3) is 2.54. The Labute approximate surface area is 182 Å². The molecule has 6 heteroatoms. The standard InChI is InChI=1S/C25H30O6/c1-12-8-14-13-9-18-24(4)7-6-19(27)23(2,3)17(24)11-20(28)25(18,5)31-16(13)10-15(26)21(14)22(29)30-12/h6-7,10,12,17-18,20,26,28H,8-9,11H2,1-5H3/t12?,17-,18-,20-,24-,25+/m0/s1. The molecule has 1 aromatic rings. The maximum atomic E-state index is 12.7. The molecule has 1 saturated carbocycles. The zero-order chi connectivity index (χ0) is 22.5. The third-order valence-corrected chi connectivity index (χ3v) is 8.64. The molecule has 1 unspecified atom stereocenters. The van der Waals surface area contributed by atoms with Gasteiger partial charge in [-0.3, -0.25) is 4.79 Å². The van der Waals surface area contributed by atoms with Gasteiger partial charge in [0.15, 0.2) is 5.78 Å². The van der Waals surface area contributed by atoms with Crippen LogP contribution in [0.1, 0.15) is 62.5 Å². The Morgan fingerprint density at radius 1 is 1.06 bits per heavy atom. The van der Waals surface area contributed by atoms with Crippen molar-refractivity contribution in [3.63, 3.8) is 0 Å². The summed E-state index contributed by atoms with van der Waals surface area (Å²) in [6.45, 7) is 9.86. The molecule has 4 aliphatic rings. The lowest BCUT2D eigenvalue weighted by atomic mass is 9.45. The SMILES string of the molecule is CC1Cc2c3c(cc(O)c2C(=O)O1)O[C@@]1(C)[C@@H](O)C[C@H]2C(C)(C)C(=O)C=C[C@]2(C)[C@@H]1C3. The summed E-state index contributed by atoms with van der Waals surface area (Å²) in [5, 5.41) is 21.8. The smallest absolute Gasteiger partial charge is 0.342 e. The first-order valence-electron chi connectivity index (χ1n) is 11.1. The second-order valence-electron chi connectivity index (χ2n) is 10.8.